The molecule has 0 spiro atoms. The van der Waals surface area contributed by atoms with Crippen molar-refractivity contribution in [2.45, 2.75) is 26.0 Å². The highest BCUT2D eigenvalue weighted by Gasteiger charge is 2.47. The van der Waals surface area contributed by atoms with Crippen LogP contribution in [0.3, 0.4) is 0 Å². The molecule has 1 aliphatic rings. The molecule has 1 heterocycles. The molecule has 0 aromatic heterocycles. The fourth-order valence-corrected chi connectivity index (χ4v) is 4.28. The van der Waals surface area contributed by atoms with Crippen LogP contribution in [0.25, 0.3) is 5.76 Å². The lowest BCUT2D eigenvalue weighted by Crippen LogP contribution is -2.29. The number of amides is 1. The fraction of sp³-hybridized carbons (Fsp3) is 0.214. The van der Waals surface area contributed by atoms with Crippen LogP contribution in [0.15, 0.2) is 78.4 Å². The summed E-state index contributed by atoms with van der Waals surface area (Å²) in [6.45, 7) is 3.76. The summed E-state index contributed by atoms with van der Waals surface area (Å²) < 4.78 is 5.83. The van der Waals surface area contributed by atoms with Gasteiger partial charge in [0.15, 0.2) is 0 Å². The number of carbonyl (C=O) groups excluding carboxylic acids is 2. The minimum absolute atomic E-state index is 0.0646. The first-order chi connectivity index (χ1) is 17.6. The lowest BCUT2D eigenvalue weighted by molar-refractivity contribution is -0.384. The molecule has 190 valence electrons. The van der Waals surface area contributed by atoms with E-state index in [1.54, 1.807) is 36.4 Å². The number of aliphatic hydroxyl groups excluding tert-OH is 1. The highest BCUT2D eigenvalue weighted by molar-refractivity contribution is 6.51. The number of benzene rings is 3. The van der Waals surface area contributed by atoms with Crippen molar-refractivity contribution >= 4 is 34.5 Å². The lowest BCUT2D eigenvalue weighted by Gasteiger charge is -2.26. The number of non-ortho nitro benzene ring substituents is 1. The Morgan fingerprint density at radius 1 is 1.03 bits per heavy atom. The summed E-state index contributed by atoms with van der Waals surface area (Å²) >= 11 is 0. The molecule has 1 aliphatic heterocycles. The van der Waals surface area contributed by atoms with E-state index in [9.17, 15) is 24.8 Å². The number of carbonyl (C=O) groups is 2. The number of anilines is 2. The average molecular weight is 502 g/mol. The zero-order chi connectivity index (χ0) is 26.9. The summed E-state index contributed by atoms with van der Waals surface area (Å²) in [5, 5.41) is 22.6. The molecular formula is C28H27N3O6. The molecule has 0 radical (unpaired) electrons. The molecule has 37 heavy (non-hydrogen) atoms. The van der Waals surface area contributed by atoms with Crippen LogP contribution in [0.5, 0.6) is 5.75 Å². The van der Waals surface area contributed by atoms with Crippen molar-refractivity contribution in [3.8, 4) is 5.75 Å². The molecule has 1 unspecified atom stereocenters. The van der Waals surface area contributed by atoms with Gasteiger partial charge in [0.1, 0.15) is 11.5 Å². The minimum Gasteiger partial charge on any atom is -0.507 e. The maximum absolute atomic E-state index is 13.4. The largest absolute Gasteiger partial charge is 0.507 e. The molecule has 9 nitrogen and oxygen atoms in total. The zero-order valence-electron chi connectivity index (χ0n) is 20.9. The molecule has 3 aromatic rings. The van der Waals surface area contributed by atoms with Gasteiger partial charge >= 0.3 is 0 Å². The number of ether oxygens (including phenoxy) is 1. The standard InChI is InChI=1S/C28H27N3O6/c1-17(2)37-23-10-6-7-18(16-23)25-24(26(32)19-8-5-9-22(15-19)31(35)36)27(33)28(34)30(25)21-13-11-20(12-14-21)29(3)4/h5-17,25,32H,1-4H3/b26-24-. The Hall–Kier alpha value is -4.66. The van der Waals surface area contributed by atoms with Gasteiger partial charge in [0.25, 0.3) is 17.4 Å². The van der Waals surface area contributed by atoms with Crippen LogP contribution in [-0.2, 0) is 9.59 Å². The summed E-state index contributed by atoms with van der Waals surface area (Å²) in [7, 11) is 3.78. The topological polar surface area (TPSA) is 113 Å². The summed E-state index contributed by atoms with van der Waals surface area (Å²) in [6.07, 6.45) is -0.106. The van der Waals surface area contributed by atoms with E-state index in [4.69, 9.17) is 4.74 Å². The van der Waals surface area contributed by atoms with Gasteiger partial charge in [-0.1, -0.05) is 24.3 Å². The first-order valence-corrected chi connectivity index (χ1v) is 11.7. The highest BCUT2D eigenvalue weighted by atomic mass is 16.6. The first-order valence-electron chi connectivity index (χ1n) is 11.7. The van der Waals surface area contributed by atoms with Gasteiger partial charge < -0.3 is 14.7 Å². The first kappa shape index (κ1) is 25.4. The van der Waals surface area contributed by atoms with Gasteiger partial charge in [0, 0.05) is 43.2 Å². The smallest absolute Gasteiger partial charge is 0.300 e. The van der Waals surface area contributed by atoms with Crippen LogP contribution < -0.4 is 14.5 Å². The third kappa shape index (κ3) is 5.02. The van der Waals surface area contributed by atoms with Gasteiger partial charge in [0.2, 0.25) is 0 Å². The third-order valence-electron chi connectivity index (χ3n) is 5.96. The second kappa shape index (κ2) is 10.1. The van der Waals surface area contributed by atoms with Crippen LogP contribution in [-0.4, -0.2) is 41.9 Å². The van der Waals surface area contributed by atoms with E-state index in [0.717, 1.165) is 5.69 Å². The van der Waals surface area contributed by atoms with Crippen LogP contribution in [0, 0.1) is 10.1 Å². The number of rotatable bonds is 7. The SMILES string of the molecule is CC(C)Oc1cccc(C2/C(=C(/O)c3cccc([N+](=O)[O-])c3)C(=O)C(=O)N2c2ccc(N(C)C)cc2)c1. The normalized spacial score (nSPS) is 16.8. The molecule has 1 fully saturated rings. The van der Waals surface area contributed by atoms with E-state index in [0.29, 0.717) is 17.0 Å². The second-order valence-electron chi connectivity index (χ2n) is 9.13. The summed E-state index contributed by atoms with van der Waals surface area (Å²) in [5.41, 5.74) is 1.56. The minimum atomic E-state index is -0.986. The van der Waals surface area contributed by atoms with Gasteiger partial charge in [-0.3, -0.25) is 24.6 Å². The van der Waals surface area contributed by atoms with Crippen molar-refractivity contribution in [2.75, 3.05) is 23.9 Å². The highest BCUT2D eigenvalue weighted by Crippen LogP contribution is 2.43. The molecule has 3 aromatic carbocycles. The number of ketones is 1. The van der Waals surface area contributed by atoms with E-state index in [1.165, 1.54) is 29.2 Å². The second-order valence-corrected chi connectivity index (χ2v) is 9.13. The lowest BCUT2D eigenvalue weighted by atomic mass is 9.94. The molecular weight excluding hydrogens is 474 g/mol. The van der Waals surface area contributed by atoms with Gasteiger partial charge in [-0.05, 0) is 55.8 Å². The summed E-state index contributed by atoms with van der Waals surface area (Å²) in [4.78, 5) is 40.7. The number of aliphatic hydroxyl groups is 1. The Morgan fingerprint density at radius 3 is 2.32 bits per heavy atom. The molecule has 1 amide bonds. The van der Waals surface area contributed by atoms with Crippen molar-refractivity contribution in [3.05, 3.63) is 99.6 Å². The Bertz CT molecular complexity index is 1400. The summed E-state index contributed by atoms with van der Waals surface area (Å²) in [6, 6.07) is 18.4. The number of Topliss-reactive ketones (excluding diaryl/α,β-unsaturated/α-hetero) is 1. The van der Waals surface area contributed by atoms with Crippen LogP contribution in [0.1, 0.15) is 31.0 Å². The molecule has 1 N–H and O–H groups in total. The molecule has 0 bridgehead atoms. The van der Waals surface area contributed by atoms with Crippen molar-refractivity contribution < 1.29 is 24.4 Å². The molecule has 1 saturated heterocycles. The molecule has 1 atom stereocenters. The van der Waals surface area contributed by atoms with E-state index >= 15 is 0 Å². The fourth-order valence-electron chi connectivity index (χ4n) is 4.28. The van der Waals surface area contributed by atoms with E-state index < -0.39 is 28.4 Å². The van der Waals surface area contributed by atoms with E-state index in [2.05, 4.69) is 0 Å². The summed E-state index contributed by atoms with van der Waals surface area (Å²) in [5.74, 6) is -1.66. The van der Waals surface area contributed by atoms with Crippen LogP contribution >= 0.6 is 0 Å². The van der Waals surface area contributed by atoms with Crippen molar-refractivity contribution in [1.82, 2.24) is 0 Å². The number of nitro groups is 1. The van der Waals surface area contributed by atoms with Crippen molar-refractivity contribution in [2.24, 2.45) is 0 Å². The number of nitrogens with zero attached hydrogens (tertiary/aromatic N) is 3. The quantitative estimate of drug-likeness (QED) is 0.158. The van der Waals surface area contributed by atoms with Gasteiger partial charge in [0.05, 0.1) is 22.6 Å². The Kier molecular flexibility index (Phi) is 6.97. The van der Waals surface area contributed by atoms with Gasteiger partial charge in [-0.2, -0.15) is 0 Å². The molecule has 0 aliphatic carbocycles. The van der Waals surface area contributed by atoms with Crippen molar-refractivity contribution in [1.29, 1.82) is 0 Å². The molecule has 0 saturated carbocycles. The van der Waals surface area contributed by atoms with Gasteiger partial charge in [-0.15, -0.1) is 0 Å². The Labute approximate surface area is 214 Å². The zero-order valence-corrected chi connectivity index (χ0v) is 20.9. The number of hydrogen-bond acceptors (Lipinski definition) is 7. The predicted molar refractivity (Wildman–Crippen MR) is 141 cm³/mol. The monoisotopic (exact) mass is 501 g/mol. The molecule has 4 rings (SSSR count). The van der Waals surface area contributed by atoms with Gasteiger partial charge in [-0.25, -0.2) is 0 Å². The maximum Gasteiger partial charge on any atom is 0.300 e. The number of hydrogen-bond donors (Lipinski definition) is 1. The Morgan fingerprint density at radius 2 is 1.70 bits per heavy atom. The predicted octanol–water partition coefficient (Wildman–Crippen LogP) is 5.07. The maximum atomic E-state index is 13.4. The van der Waals surface area contributed by atoms with E-state index in [1.807, 2.05) is 45.0 Å². The third-order valence-corrected chi connectivity index (χ3v) is 5.96. The van der Waals surface area contributed by atoms with Crippen LogP contribution in [0.4, 0.5) is 17.1 Å². The van der Waals surface area contributed by atoms with E-state index in [-0.39, 0.29) is 22.9 Å². The molecule has 9 heteroatoms. The van der Waals surface area contributed by atoms with Crippen molar-refractivity contribution in [3.63, 3.8) is 0 Å². The average Bonchev–Trinajstić information content (AvgIpc) is 3.13. The Balaban J connectivity index is 1.92. The van der Waals surface area contributed by atoms with Crippen LogP contribution in [0.2, 0.25) is 0 Å². The number of nitro benzene ring substituents is 1.